The molecule has 0 aliphatic rings. The summed E-state index contributed by atoms with van der Waals surface area (Å²) in [5.41, 5.74) is 0. The Morgan fingerprint density at radius 1 is 1.00 bits per heavy atom. The fourth-order valence-electron chi connectivity index (χ4n) is 0. The summed E-state index contributed by atoms with van der Waals surface area (Å²) in [6, 6.07) is 0. The van der Waals surface area contributed by atoms with Crippen LogP contribution in [-0.4, -0.2) is 18.2 Å². The van der Waals surface area contributed by atoms with E-state index in [0.717, 1.165) is 0 Å². The Morgan fingerprint density at radius 3 is 1.00 bits per heavy atom. The second-order valence-electron chi connectivity index (χ2n) is 0.192. The zero-order valence-corrected chi connectivity index (χ0v) is 7.33. The molecule has 0 saturated carbocycles. The average Bonchev–Trinajstić information content (AvgIpc) is 0.811. The monoisotopic (exact) mass is 330 g/mol. The summed E-state index contributed by atoms with van der Waals surface area (Å²) in [5.74, 6) is 0. The van der Waals surface area contributed by atoms with E-state index in [2.05, 4.69) is 0 Å². The van der Waals surface area contributed by atoms with Gasteiger partial charge in [0.15, 0.2) is 0 Å². The summed E-state index contributed by atoms with van der Waals surface area (Å²) in [5, 5.41) is 0. The summed E-state index contributed by atoms with van der Waals surface area (Å²) in [6.07, 6.45) is 0. The van der Waals surface area contributed by atoms with Crippen molar-refractivity contribution < 1.29 is 0 Å². The summed E-state index contributed by atoms with van der Waals surface area (Å²) in [7, 11) is 15.0. The Bertz CT molecular complexity index is 11.6. The molecule has 0 N–H and O–H groups in total. The van der Waals surface area contributed by atoms with E-state index >= 15 is 0 Å². The van der Waals surface area contributed by atoms with Crippen molar-refractivity contribution in [1.29, 1.82) is 0 Å². The van der Waals surface area contributed by atoms with Crippen molar-refractivity contribution in [3.05, 3.63) is 0 Å². The number of hydrogen-bond acceptors (Lipinski definition) is 0. The van der Waals surface area contributed by atoms with Gasteiger partial charge in [-0.1, -0.05) is 7.43 Å². The van der Waals surface area contributed by atoms with Gasteiger partial charge in [-0.15, -0.1) is 0 Å². The summed E-state index contributed by atoms with van der Waals surface area (Å²) >= 11 is -2.18. The zero-order chi connectivity index (χ0) is 3.58. The SMILES string of the molecule is C.[Cl][Bi]([Cl])[Cl]. The molecular weight excluding hydrogens is 327 g/mol. The first kappa shape index (κ1) is 9.89. The minimum absolute atomic E-state index is 0. The molecule has 0 aliphatic heterocycles. The van der Waals surface area contributed by atoms with Gasteiger partial charge in [-0.2, -0.15) is 0 Å². The Hall–Kier alpha value is 1.75. The fourth-order valence-corrected chi connectivity index (χ4v) is 0. The molecule has 34 valence electrons. The molecule has 4 heteroatoms. The van der Waals surface area contributed by atoms with E-state index in [1.165, 1.54) is 0 Å². The van der Waals surface area contributed by atoms with Crippen LogP contribution in [0.25, 0.3) is 0 Å². The van der Waals surface area contributed by atoms with Crippen LogP contribution in [0.15, 0.2) is 0 Å². The van der Waals surface area contributed by atoms with Crippen molar-refractivity contribution in [3.8, 4) is 0 Å². The molecule has 0 amide bonds. The third-order valence-electron chi connectivity index (χ3n) is 0. The molecule has 0 nitrogen and oxygen atoms in total. The van der Waals surface area contributed by atoms with Crippen LogP contribution >= 0.6 is 25.5 Å². The second-order valence-corrected chi connectivity index (χ2v) is 15.1. The number of rotatable bonds is 0. The van der Waals surface area contributed by atoms with Gasteiger partial charge in [0.2, 0.25) is 0 Å². The first-order chi connectivity index (χ1) is 1.73. The zero-order valence-electron chi connectivity index (χ0n) is 1.58. The third-order valence-corrected chi connectivity index (χ3v) is 0. The summed E-state index contributed by atoms with van der Waals surface area (Å²) < 4.78 is 0. The normalized spacial score (nSPS) is 7.20. The molecule has 0 radical (unpaired) electrons. The maximum atomic E-state index is 5.01. The Morgan fingerprint density at radius 2 is 1.00 bits per heavy atom. The van der Waals surface area contributed by atoms with Gasteiger partial charge >= 0.3 is 43.7 Å². The van der Waals surface area contributed by atoms with Crippen LogP contribution in [0.2, 0.25) is 0 Å². The second kappa shape index (κ2) is 5.75. The van der Waals surface area contributed by atoms with E-state index < -0.39 is 18.2 Å². The first-order valence-electron chi connectivity index (χ1n) is 0.507. The minimum atomic E-state index is -2.18. The van der Waals surface area contributed by atoms with Gasteiger partial charge in [0.1, 0.15) is 0 Å². The van der Waals surface area contributed by atoms with Crippen LogP contribution in [0.5, 0.6) is 0 Å². The van der Waals surface area contributed by atoms with Gasteiger partial charge in [-0.05, 0) is 0 Å². The van der Waals surface area contributed by atoms with E-state index in [1.807, 2.05) is 0 Å². The van der Waals surface area contributed by atoms with Crippen LogP contribution < -0.4 is 0 Å². The molecule has 0 fully saturated rings. The van der Waals surface area contributed by atoms with Crippen molar-refractivity contribution in [1.82, 2.24) is 0 Å². The van der Waals surface area contributed by atoms with Crippen molar-refractivity contribution in [2.24, 2.45) is 0 Å². The molecule has 0 bridgehead atoms. The van der Waals surface area contributed by atoms with E-state index in [9.17, 15) is 0 Å². The van der Waals surface area contributed by atoms with Gasteiger partial charge in [0.05, 0.1) is 0 Å². The van der Waals surface area contributed by atoms with Crippen molar-refractivity contribution in [3.63, 3.8) is 0 Å². The molecule has 0 heterocycles. The Kier molecular flexibility index (Phi) is 11.4. The van der Waals surface area contributed by atoms with Crippen LogP contribution in [0.4, 0.5) is 0 Å². The van der Waals surface area contributed by atoms with Crippen molar-refractivity contribution >= 4 is 43.7 Å². The van der Waals surface area contributed by atoms with E-state index in [-0.39, 0.29) is 7.43 Å². The molecule has 0 unspecified atom stereocenters. The number of halogens is 3. The Balaban J connectivity index is 0. The molecule has 0 saturated heterocycles. The fraction of sp³-hybridized carbons (Fsp3) is 1.00. The van der Waals surface area contributed by atoms with Crippen LogP contribution in [0.3, 0.4) is 0 Å². The van der Waals surface area contributed by atoms with E-state index in [4.69, 9.17) is 25.5 Å². The van der Waals surface area contributed by atoms with Gasteiger partial charge in [0.25, 0.3) is 0 Å². The third kappa shape index (κ3) is 26.4. The molecule has 5 heavy (non-hydrogen) atoms. The van der Waals surface area contributed by atoms with Crippen molar-refractivity contribution in [2.75, 3.05) is 0 Å². The van der Waals surface area contributed by atoms with Gasteiger partial charge in [0, 0.05) is 0 Å². The summed E-state index contributed by atoms with van der Waals surface area (Å²) in [4.78, 5) is 0. The van der Waals surface area contributed by atoms with E-state index in [0.29, 0.717) is 0 Å². The Labute approximate surface area is 50.7 Å². The maximum absolute atomic E-state index is 5.01. The molecular formula is CH4BiCl3. The standard InChI is InChI=1S/CH4.Bi.3ClH/h1H4;;3*1H/q;+3;;;/p-3. The predicted octanol–water partition coefficient (Wildman–Crippen LogP) is 2.32. The molecule has 0 aromatic rings. The molecule has 0 rings (SSSR count). The predicted molar refractivity (Wildman–Crippen MR) is 30.0 cm³/mol. The quantitative estimate of drug-likeness (QED) is 0.598. The van der Waals surface area contributed by atoms with Gasteiger partial charge < -0.3 is 0 Å². The molecule has 0 spiro atoms. The number of hydrogen-bond donors (Lipinski definition) is 0. The molecule has 0 aromatic heterocycles. The van der Waals surface area contributed by atoms with Crippen LogP contribution in [0.1, 0.15) is 7.43 Å². The first-order valence-corrected chi connectivity index (χ1v) is 13.3. The van der Waals surface area contributed by atoms with Crippen LogP contribution in [-0.2, 0) is 0 Å². The van der Waals surface area contributed by atoms with Crippen LogP contribution in [0, 0.1) is 0 Å². The van der Waals surface area contributed by atoms with Gasteiger partial charge in [-0.3, -0.25) is 0 Å². The molecule has 0 aliphatic carbocycles. The topological polar surface area (TPSA) is 0 Å². The van der Waals surface area contributed by atoms with Gasteiger partial charge in [-0.25, -0.2) is 0 Å². The van der Waals surface area contributed by atoms with E-state index in [1.54, 1.807) is 0 Å². The average molecular weight is 331 g/mol. The molecule has 0 atom stereocenters. The molecule has 0 aromatic carbocycles. The van der Waals surface area contributed by atoms with Crippen molar-refractivity contribution in [2.45, 2.75) is 7.43 Å². The summed E-state index contributed by atoms with van der Waals surface area (Å²) in [6.45, 7) is 0.